The lowest BCUT2D eigenvalue weighted by atomic mass is 10.0. The third kappa shape index (κ3) is 3.51. The molecule has 24 heavy (non-hydrogen) atoms. The Labute approximate surface area is 143 Å². The molecule has 0 unspecified atom stereocenters. The third-order valence-corrected chi connectivity index (χ3v) is 4.81. The summed E-state index contributed by atoms with van der Waals surface area (Å²) in [6, 6.07) is 15.3. The van der Waals surface area contributed by atoms with Gasteiger partial charge in [0.05, 0.1) is 6.54 Å². The minimum absolute atomic E-state index is 0.106. The predicted molar refractivity (Wildman–Crippen MR) is 98.6 cm³/mol. The zero-order chi connectivity index (χ0) is 17.2. The van der Waals surface area contributed by atoms with E-state index in [9.17, 15) is 4.39 Å². The summed E-state index contributed by atoms with van der Waals surface area (Å²) < 4.78 is 16.1. The average molecular weight is 324 g/mol. The van der Waals surface area contributed by atoms with Crippen LogP contribution in [0.2, 0.25) is 0 Å². The molecule has 2 aromatic carbocycles. The SMILES string of the molecule is CCC(C)(C)NCc1cn(Cc2ccccc2F)c2ccccc12. The summed E-state index contributed by atoms with van der Waals surface area (Å²) in [6.07, 6.45) is 3.22. The molecule has 1 aromatic heterocycles. The maximum Gasteiger partial charge on any atom is 0.128 e. The topological polar surface area (TPSA) is 17.0 Å². The Balaban J connectivity index is 1.93. The Bertz CT molecular complexity index is 833. The lowest BCUT2D eigenvalue weighted by Crippen LogP contribution is -2.37. The van der Waals surface area contributed by atoms with E-state index in [-0.39, 0.29) is 11.4 Å². The second-order valence-corrected chi connectivity index (χ2v) is 6.98. The lowest BCUT2D eigenvalue weighted by molar-refractivity contribution is 0.375. The van der Waals surface area contributed by atoms with Crippen molar-refractivity contribution >= 4 is 10.9 Å². The molecule has 1 N–H and O–H groups in total. The van der Waals surface area contributed by atoms with Crippen molar-refractivity contribution in [1.29, 1.82) is 0 Å². The van der Waals surface area contributed by atoms with Gasteiger partial charge in [-0.2, -0.15) is 0 Å². The van der Waals surface area contributed by atoms with E-state index < -0.39 is 0 Å². The number of para-hydroxylation sites is 1. The number of nitrogens with one attached hydrogen (secondary N) is 1. The van der Waals surface area contributed by atoms with Gasteiger partial charge in [-0.1, -0.05) is 43.3 Å². The maximum atomic E-state index is 14.0. The van der Waals surface area contributed by atoms with Crippen LogP contribution in [0.3, 0.4) is 0 Å². The smallest absolute Gasteiger partial charge is 0.128 e. The van der Waals surface area contributed by atoms with E-state index in [1.165, 1.54) is 17.0 Å². The number of hydrogen-bond donors (Lipinski definition) is 1. The van der Waals surface area contributed by atoms with E-state index in [1.54, 1.807) is 6.07 Å². The van der Waals surface area contributed by atoms with Gasteiger partial charge in [-0.05, 0) is 38.0 Å². The summed E-state index contributed by atoms with van der Waals surface area (Å²) in [5, 5.41) is 4.85. The molecular weight excluding hydrogens is 299 g/mol. The molecule has 0 saturated carbocycles. The molecule has 3 heteroatoms. The first-order chi connectivity index (χ1) is 11.5. The molecule has 0 atom stereocenters. The Morgan fingerprint density at radius 3 is 2.46 bits per heavy atom. The van der Waals surface area contributed by atoms with Gasteiger partial charge in [0, 0.05) is 34.7 Å². The number of rotatable bonds is 6. The number of fused-ring (bicyclic) bond motifs is 1. The van der Waals surface area contributed by atoms with Gasteiger partial charge in [0.25, 0.3) is 0 Å². The van der Waals surface area contributed by atoms with Crippen molar-refractivity contribution in [2.24, 2.45) is 0 Å². The Hall–Kier alpha value is -2.13. The van der Waals surface area contributed by atoms with Gasteiger partial charge in [0.2, 0.25) is 0 Å². The van der Waals surface area contributed by atoms with Crippen molar-refractivity contribution in [3.05, 3.63) is 71.7 Å². The molecule has 3 aromatic rings. The summed E-state index contributed by atoms with van der Waals surface area (Å²) in [5.74, 6) is -0.151. The highest BCUT2D eigenvalue weighted by molar-refractivity contribution is 5.84. The molecule has 0 radical (unpaired) electrons. The largest absolute Gasteiger partial charge is 0.343 e. The van der Waals surface area contributed by atoms with Crippen LogP contribution in [0.4, 0.5) is 4.39 Å². The van der Waals surface area contributed by atoms with Crippen LogP contribution < -0.4 is 5.32 Å². The minimum atomic E-state index is -0.151. The monoisotopic (exact) mass is 324 g/mol. The van der Waals surface area contributed by atoms with Crippen molar-refractivity contribution in [3.8, 4) is 0 Å². The number of benzene rings is 2. The lowest BCUT2D eigenvalue weighted by Gasteiger charge is -2.24. The fourth-order valence-corrected chi connectivity index (χ4v) is 2.86. The number of nitrogens with zero attached hydrogens (tertiary/aromatic N) is 1. The van der Waals surface area contributed by atoms with Crippen LogP contribution in [0.1, 0.15) is 38.3 Å². The fraction of sp³-hybridized carbons (Fsp3) is 0.333. The van der Waals surface area contributed by atoms with Crippen molar-refractivity contribution in [2.45, 2.75) is 45.8 Å². The normalized spacial score (nSPS) is 12.0. The molecule has 0 spiro atoms. The molecule has 0 fully saturated rings. The first-order valence-corrected chi connectivity index (χ1v) is 8.55. The van der Waals surface area contributed by atoms with E-state index in [4.69, 9.17) is 0 Å². The second kappa shape index (κ2) is 6.78. The highest BCUT2D eigenvalue weighted by Crippen LogP contribution is 2.24. The average Bonchev–Trinajstić information content (AvgIpc) is 2.93. The molecule has 0 amide bonds. The molecule has 0 aliphatic rings. The van der Waals surface area contributed by atoms with Crippen LogP contribution in [0.25, 0.3) is 10.9 Å². The van der Waals surface area contributed by atoms with E-state index in [1.807, 2.05) is 18.2 Å². The van der Waals surface area contributed by atoms with Gasteiger partial charge in [-0.15, -0.1) is 0 Å². The standard InChI is InChI=1S/C21H25FN2/c1-4-21(2,3)23-13-17-15-24(20-12-8-6-10-18(17)20)14-16-9-5-7-11-19(16)22/h5-12,15,23H,4,13-14H2,1-3H3. The number of halogens is 1. The van der Waals surface area contributed by atoms with Crippen LogP contribution in [-0.2, 0) is 13.1 Å². The van der Waals surface area contributed by atoms with Gasteiger partial charge in [-0.25, -0.2) is 4.39 Å². The molecule has 3 rings (SSSR count). The molecule has 126 valence electrons. The molecule has 0 bridgehead atoms. The Morgan fingerprint density at radius 2 is 1.71 bits per heavy atom. The molecule has 0 aliphatic carbocycles. The Morgan fingerprint density at radius 1 is 1.00 bits per heavy atom. The first-order valence-electron chi connectivity index (χ1n) is 8.55. The number of aromatic nitrogens is 1. The maximum absolute atomic E-state index is 14.0. The van der Waals surface area contributed by atoms with E-state index in [0.717, 1.165) is 18.5 Å². The van der Waals surface area contributed by atoms with Crippen molar-refractivity contribution in [3.63, 3.8) is 0 Å². The predicted octanol–water partition coefficient (Wildman–Crippen LogP) is 5.11. The van der Waals surface area contributed by atoms with Crippen LogP contribution >= 0.6 is 0 Å². The molecule has 2 nitrogen and oxygen atoms in total. The van der Waals surface area contributed by atoms with Gasteiger partial charge in [0.15, 0.2) is 0 Å². The summed E-state index contributed by atoms with van der Waals surface area (Å²) in [4.78, 5) is 0. The first kappa shape index (κ1) is 16.7. The number of hydrogen-bond acceptors (Lipinski definition) is 1. The van der Waals surface area contributed by atoms with Crippen molar-refractivity contribution < 1.29 is 4.39 Å². The van der Waals surface area contributed by atoms with E-state index in [2.05, 4.69) is 55.1 Å². The zero-order valence-electron chi connectivity index (χ0n) is 14.6. The molecule has 1 heterocycles. The van der Waals surface area contributed by atoms with Crippen molar-refractivity contribution in [2.75, 3.05) is 0 Å². The fourth-order valence-electron chi connectivity index (χ4n) is 2.86. The van der Waals surface area contributed by atoms with Gasteiger partial charge >= 0.3 is 0 Å². The highest BCUT2D eigenvalue weighted by atomic mass is 19.1. The molecule has 0 saturated heterocycles. The third-order valence-electron chi connectivity index (χ3n) is 4.81. The van der Waals surface area contributed by atoms with Gasteiger partial charge in [0.1, 0.15) is 5.82 Å². The van der Waals surface area contributed by atoms with Gasteiger partial charge in [-0.3, -0.25) is 0 Å². The van der Waals surface area contributed by atoms with E-state index >= 15 is 0 Å². The summed E-state index contributed by atoms with van der Waals surface area (Å²) >= 11 is 0. The quantitative estimate of drug-likeness (QED) is 0.667. The van der Waals surface area contributed by atoms with Crippen LogP contribution in [0, 0.1) is 5.82 Å². The van der Waals surface area contributed by atoms with Crippen molar-refractivity contribution in [1.82, 2.24) is 9.88 Å². The summed E-state index contributed by atoms with van der Waals surface area (Å²) in [7, 11) is 0. The van der Waals surface area contributed by atoms with E-state index in [0.29, 0.717) is 12.1 Å². The minimum Gasteiger partial charge on any atom is -0.343 e. The second-order valence-electron chi connectivity index (χ2n) is 6.98. The van der Waals surface area contributed by atoms with Crippen LogP contribution in [-0.4, -0.2) is 10.1 Å². The van der Waals surface area contributed by atoms with Crippen LogP contribution in [0.15, 0.2) is 54.7 Å². The Kier molecular flexibility index (Phi) is 4.72. The zero-order valence-corrected chi connectivity index (χ0v) is 14.6. The molecular formula is C21H25FN2. The summed E-state index contributed by atoms with van der Waals surface area (Å²) in [6.45, 7) is 7.97. The summed E-state index contributed by atoms with van der Waals surface area (Å²) in [5.41, 5.74) is 3.22. The highest BCUT2D eigenvalue weighted by Gasteiger charge is 2.16. The molecule has 0 aliphatic heterocycles. The van der Waals surface area contributed by atoms with Gasteiger partial charge < -0.3 is 9.88 Å². The van der Waals surface area contributed by atoms with Crippen LogP contribution in [0.5, 0.6) is 0 Å².